The molecule has 2 heterocycles. The Kier molecular flexibility index (Phi) is 9.03. The Bertz CT molecular complexity index is 1230. The number of nitrogens with zero attached hydrogens (tertiary/aromatic N) is 2. The van der Waals surface area contributed by atoms with Gasteiger partial charge in [-0.2, -0.15) is 0 Å². The lowest BCUT2D eigenvalue weighted by molar-refractivity contribution is -0.0193. The van der Waals surface area contributed by atoms with Gasteiger partial charge in [0.15, 0.2) is 5.76 Å². The van der Waals surface area contributed by atoms with Crippen molar-refractivity contribution in [2.24, 2.45) is 5.92 Å². The van der Waals surface area contributed by atoms with Crippen molar-refractivity contribution in [1.29, 1.82) is 0 Å². The first-order valence-electron chi connectivity index (χ1n) is 12.4. The van der Waals surface area contributed by atoms with E-state index in [1.807, 2.05) is 36.4 Å². The Labute approximate surface area is 221 Å². The first kappa shape index (κ1) is 26.9. The third kappa shape index (κ3) is 6.42. The number of aromatic nitrogens is 1. The highest BCUT2D eigenvalue weighted by Gasteiger charge is 2.32. The van der Waals surface area contributed by atoms with Crippen LogP contribution in [0.15, 0.2) is 83.3 Å². The summed E-state index contributed by atoms with van der Waals surface area (Å²) in [6.07, 6.45) is 10.7. The summed E-state index contributed by atoms with van der Waals surface area (Å²) in [6, 6.07) is 7.24. The molecule has 2 N–H and O–H groups in total. The number of hydrogen-bond donors (Lipinski definition) is 2. The van der Waals surface area contributed by atoms with E-state index in [1.54, 1.807) is 25.1 Å². The Morgan fingerprint density at radius 1 is 1.35 bits per heavy atom. The molecule has 1 aliphatic carbocycles. The normalized spacial score (nSPS) is 19.6. The van der Waals surface area contributed by atoms with Gasteiger partial charge in [-0.15, -0.1) is 0 Å². The van der Waals surface area contributed by atoms with Crippen molar-refractivity contribution in [2.75, 3.05) is 26.3 Å². The van der Waals surface area contributed by atoms with Crippen LogP contribution >= 0.6 is 11.6 Å². The molecular formula is C29H32ClFN2O4. The second-order valence-corrected chi connectivity index (χ2v) is 9.59. The molecule has 4 rings (SSSR count). The summed E-state index contributed by atoms with van der Waals surface area (Å²) in [7, 11) is 0. The lowest BCUT2D eigenvalue weighted by Gasteiger charge is -2.39. The van der Waals surface area contributed by atoms with E-state index in [0.717, 1.165) is 25.4 Å². The summed E-state index contributed by atoms with van der Waals surface area (Å²) in [5, 5.41) is 26.1. The number of benzene rings is 1. The third-order valence-electron chi connectivity index (χ3n) is 6.53. The van der Waals surface area contributed by atoms with Crippen LogP contribution in [0.4, 0.5) is 4.39 Å². The average Bonchev–Trinajstić information content (AvgIpc) is 3.33. The zero-order valence-corrected chi connectivity index (χ0v) is 21.6. The molecule has 8 heteroatoms. The molecule has 2 aromatic rings. The van der Waals surface area contributed by atoms with Crippen LogP contribution in [-0.2, 0) is 4.74 Å². The molecule has 1 aromatic heterocycles. The van der Waals surface area contributed by atoms with E-state index in [9.17, 15) is 14.6 Å². The molecule has 37 heavy (non-hydrogen) atoms. The molecule has 0 bridgehead atoms. The number of aliphatic hydroxyl groups excluding tert-OH is 2. The molecule has 1 fully saturated rings. The maximum atomic E-state index is 12.3. The summed E-state index contributed by atoms with van der Waals surface area (Å²) in [5.41, 5.74) is 2.02. The van der Waals surface area contributed by atoms with E-state index >= 15 is 0 Å². The molecule has 0 unspecified atom stereocenters. The molecule has 1 aliphatic heterocycles. The molecule has 196 valence electrons. The summed E-state index contributed by atoms with van der Waals surface area (Å²) in [6.45, 7) is 7.82. The van der Waals surface area contributed by atoms with Gasteiger partial charge in [0.05, 0.1) is 23.4 Å². The number of ether oxygens (including phenoxy) is 1. The zero-order chi connectivity index (χ0) is 26.4. The quantitative estimate of drug-likeness (QED) is 0.254. The number of allylic oxidation sites excluding steroid dienone is 6. The van der Waals surface area contributed by atoms with E-state index in [0.29, 0.717) is 46.0 Å². The van der Waals surface area contributed by atoms with Crippen LogP contribution in [0.5, 0.6) is 0 Å². The van der Waals surface area contributed by atoms with E-state index in [1.165, 1.54) is 6.08 Å². The summed E-state index contributed by atoms with van der Waals surface area (Å²) in [4.78, 5) is 2.17. The minimum atomic E-state index is -0.957. The van der Waals surface area contributed by atoms with Gasteiger partial charge in [-0.1, -0.05) is 47.6 Å². The van der Waals surface area contributed by atoms with Gasteiger partial charge in [0.2, 0.25) is 0 Å². The van der Waals surface area contributed by atoms with Gasteiger partial charge >= 0.3 is 0 Å². The molecule has 6 nitrogen and oxygen atoms in total. The smallest absolute Gasteiger partial charge is 0.172 e. The van der Waals surface area contributed by atoms with Crippen LogP contribution in [-0.4, -0.2) is 52.7 Å². The largest absolute Gasteiger partial charge is 0.508 e. The van der Waals surface area contributed by atoms with Crippen LogP contribution in [0.2, 0.25) is 5.02 Å². The van der Waals surface area contributed by atoms with Crippen LogP contribution in [0.1, 0.15) is 37.2 Å². The highest BCUT2D eigenvalue weighted by molar-refractivity contribution is 6.33. The van der Waals surface area contributed by atoms with Crippen molar-refractivity contribution in [2.45, 2.75) is 32.0 Å². The molecule has 1 saturated heterocycles. The Balaban J connectivity index is 1.52. The van der Waals surface area contributed by atoms with Crippen LogP contribution in [0.25, 0.3) is 16.8 Å². The number of rotatable bonds is 11. The molecule has 0 saturated carbocycles. The topological polar surface area (TPSA) is 79.0 Å². The average molecular weight is 527 g/mol. The van der Waals surface area contributed by atoms with Gasteiger partial charge in [0, 0.05) is 36.7 Å². The summed E-state index contributed by atoms with van der Waals surface area (Å²) in [5.74, 6) is 0.920. The lowest BCUT2D eigenvalue weighted by Crippen LogP contribution is -2.52. The summed E-state index contributed by atoms with van der Waals surface area (Å²) < 4.78 is 24.1. The number of likely N-dealkylation sites (tertiary alicyclic amines) is 1. The fourth-order valence-corrected chi connectivity index (χ4v) is 4.64. The van der Waals surface area contributed by atoms with Gasteiger partial charge in [0.1, 0.15) is 23.3 Å². The highest BCUT2D eigenvalue weighted by atomic mass is 35.5. The molecule has 0 spiro atoms. The van der Waals surface area contributed by atoms with E-state index < -0.39 is 6.10 Å². The van der Waals surface area contributed by atoms with E-state index in [2.05, 4.69) is 16.6 Å². The Morgan fingerprint density at radius 2 is 2.14 bits per heavy atom. The second kappa shape index (κ2) is 12.4. The third-order valence-corrected chi connectivity index (χ3v) is 6.86. The molecule has 1 aromatic carbocycles. The molecule has 0 amide bonds. The Hall–Kier alpha value is -3.13. The minimum absolute atomic E-state index is 0.0824. The van der Waals surface area contributed by atoms with E-state index in [4.69, 9.17) is 20.9 Å². The van der Waals surface area contributed by atoms with Gasteiger partial charge in [-0.3, -0.25) is 9.29 Å². The minimum Gasteiger partial charge on any atom is -0.508 e. The number of hydrogen-bond acceptors (Lipinski definition) is 6. The Morgan fingerprint density at radius 3 is 2.81 bits per heavy atom. The number of halogens is 2. The second-order valence-electron chi connectivity index (χ2n) is 9.18. The number of aliphatic hydroxyl groups is 2. The van der Waals surface area contributed by atoms with Crippen molar-refractivity contribution < 1.29 is 23.9 Å². The van der Waals surface area contributed by atoms with Crippen LogP contribution in [0, 0.1) is 5.92 Å². The standard InChI is InChI=1S/C29H32ClFN2O4/c1-3-21(34)12-9-19(2)29-26(27(32-37-29)24-7-4-5-8-25(24)30)28(35)20-10-13-22(14-11-20)36-23-17-33(18-23)16-6-15-31/h3-5,7-10,12-14,20,23,28,34-35H,2,6,11,15-18H2,1H3/b12-9-,21-3+/t20-,28-/m0/s1. The fraction of sp³-hybridized carbons (Fsp3) is 0.345. The lowest BCUT2D eigenvalue weighted by atomic mass is 9.86. The fourth-order valence-electron chi connectivity index (χ4n) is 4.42. The predicted molar refractivity (Wildman–Crippen MR) is 144 cm³/mol. The van der Waals surface area contributed by atoms with Gasteiger partial charge < -0.3 is 19.5 Å². The van der Waals surface area contributed by atoms with Gasteiger partial charge in [-0.05, 0) is 56.2 Å². The molecular weight excluding hydrogens is 495 g/mol. The number of alkyl halides is 1. The molecule has 0 radical (unpaired) electrons. The van der Waals surface area contributed by atoms with Gasteiger partial charge in [0.25, 0.3) is 0 Å². The maximum absolute atomic E-state index is 12.3. The van der Waals surface area contributed by atoms with Crippen molar-refractivity contribution in [3.8, 4) is 11.3 Å². The monoisotopic (exact) mass is 526 g/mol. The first-order chi connectivity index (χ1) is 17.9. The van der Waals surface area contributed by atoms with E-state index in [-0.39, 0.29) is 24.5 Å². The van der Waals surface area contributed by atoms with Gasteiger partial charge in [-0.25, -0.2) is 0 Å². The molecule has 2 atom stereocenters. The zero-order valence-electron chi connectivity index (χ0n) is 20.8. The maximum Gasteiger partial charge on any atom is 0.172 e. The predicted octanol–water partition coefficient (Wildman–Crippen LogP) is 6.58. The van der Waals surface area contributed by atoms with Crippen molar-refractivity contribution >= 4 is 17.2 Å². The van der Waals surface area contributed by atoms with Crippen LogP contribution < -0.4 is 0 Å². The van der Waals surface area contributed by atoms with Crippen molar-refractivity contribution in [3.63, 3.8) is 0 Å². The summed E-state index contributed by atoms with van der Waals surface area (Å²) >= 11 is 6.45. The highest BCUT2D eigenvalue weighted by Crippen LogP contribution is 2.41. The first-order valence-corrected chi connectivity index (χ1v) is 12.8. The van der Waals surface area contributed by atoms with Crippen molar-refractivity contribution in [3.05, 3.63) is 95.2 Å². The molecule has 2 aliphatic rings. The SMILES string of the molecule is C=C(/C=C\C(O)=C/C)c1onc(-c2ccccc2Cl)c1[C@@H](O)[C@H]1C=CC(OC2CN(CCCF)C2)=CC1. The van der Waals surface area contributed by atoms with Crippen LogP contribution in [0.3, 0.4) is 0 Å². The van der Waals surface area contributed by atoms with Crippen molar-refractivity contribution in [1.82, 2.24) is 10.1 Å².